The molecule has 0 saturated carbocycles. The number of benzene rings is 2. The summed E-state index contributed by atoms with van der Waals surface area (Å²) < 4.78 is 3.11. The van der Waals surface area contributed by atoms with Gasteiger partial charge in [-0.05, 0) is 95.6 Å². The maximum Gasteiger partial charge on any atom is 0.298 e. The van der Waals surface area contributed by atoms with Gasteiger partial charge in [0.2, 0.25) is 0 Å². The van der Waals surface area contributed by atoms with Gasteiger partial charge in [-0.3, -0.25) is 9.59 Å². The summed E-state index contributed by atoms with van der Waals surface area (Å²) in [5.74, 6) is -0.326. The molecule has 0 aliphatic carbocycles. The Morgan fingerprint density at radius 3 is 2.41 bits per heavy atom. The third kappa shape index (κ3) is 3.68. The number of carbonyl (C=O) groups is 2. The van der Waals surface area contributed by atoms with Gasteiger partial charge in [0.1, 0.15) is 0 Å². The molecule has 0 unspecified atom stereocenters. The van der Waals surface area contributed by atoms with Crippen molar-refractivity contribution in [2.45, 2.75) is 13.8 Å². The lowest BCUT2D eigenvalue weighted by atomic mass is 10.2. The minimum atomic E-state index is -0.326. The van der Waals surface area contributed by atoms with Crippen LogP contribution >= 0.6 is 39.3 Å². The lowest BCUT2D eigenvalue weighted by Crippen LogP contribution is -2.27. The second-order valence-corrected chi connectivity index (χ2v) is 8.89. The quantitative estimate of drug-likeness (QED) is 0.384. The van der Waals surface area contributed by atoms with Gasteiger partial charge < -0.3 is 4.57 Å². The van der Waals surface area contributed by atoms with Crippen molar-refractivity contribution in [1.29, 1.82) is 0 Å². The molecule has 7 heteroatoms. The zero-order valence-corrected chi connectivity index (χ0v) is 18.8. The van der Waals surface area contributed by atoms with Crippen molar-refractivity contribution in [2.75, 3.05) is 4.90 Å². The van der Waals surface area contributed by atoms with Gasteiger partial charge in [0.25, 0.3) is 11.1 Å². The van der Waals surface area contributed by atoms with Crippen LogP contribution in [-0.4, -0.2) is 15.7 Å². The van der Waals surface area contributed by atoms with E-state index in [2.05, 4.69) is 20.5 Å². The van der Waals surface area contributed by atoms with Crippen LogP contribution in [0.15, 0.2) is 64.0 Å². The van der Waals surface area contributed by atoms with Gasteiger partial charge in [-0.1, -0.05) is 23.7 Å². The average molecular weight is 488 g/mol. The first kappa shape index (κ1) is 20.0. The summed E-state index contributed by atoms with van der Waals surface area (Å²) in [6.45, 7) is 4.02. The Labute approximate surface area is 186 Å². The van der Waals surface area contributed by atoms with E-state index < -0.39 is 0 Å². The number of para-hydroxylation sites is 1. The molecule has 2 amide bonds. The van der Waals surface area contributed by atoms with Crippen molar-refractivity contribution in [1.82, 2.24) is 4.57 Å². The number of rotatable bonds is 3. The molecule has 2 heterocycles. The number of halogens is 2. The Morgan fingerprint density at radius 2 is 1.72 bits per heavy atom. The monoisotopic (exact) mass is 486 g/mol. The van der Waals surface area contributed by atoms with Gasteiger partial charge in [0, 0.05) is 20.9 Å². The third-order valence-corrected chi connectivity index (χ3v) is 6.52. The van der Waals surface area contributed by atoms with E-state index in [4.69, 9.17) is 11.6 Å². The highest BCUT2D eigenvalue weighted by Gasteiger charge is 2.36. The smallest absolute Gasteiger partial charge is 0.298 e. The number of nitrogens with zero attached hydrogens (tertiary/aromatic N) is 2. The first-order valence-corrected chi connectivity index (χ1v) is 10.8. The first-order chi connectivity index (χ1) is 13.9. The van der Waals surface area contributed by atoms with E-state index in [9.17, 15) is 9.59 Å². The molecule has 1 aromatic heterocycles. The molecular weight excluding hydrogens is 472 g/mol. The topological polar surface area (TPSA) is 42.3 Å². The number of amides is 2. The van der Waals surface area contributed by atoms with Gasteiger partial charge in [-0.25, -0.2) is 4.90 Å². The second kappa shape index (κ2) is 7.86. The van der Waals surface area contributed by atoms with Gasteiger partial charge >= 0.3 is 0 Å². The van der Waals surface area contributed by atoms with Gasteiger partial charge in [-0.15, -0.1) is 0 Å². The fourth-order valence-electron chi connectivity index (χ4n) is 3.36. The highest BCUT2D eigenvalue weighted by Crippen LogP contribution is 2.37. The van der Waals surface area contributed by atoms with Crippen LogP contribution in [-0.2, 0) is 4.79 Å². The van der Waals surface area contributed by atoms with Crippen LogP contribution in [0.5, 0.6) is 0 Å². The largest absolute Gasteiger partial charge is 0.317 e. The van der Waals surface area contributed by atoms with E-state index in [1.165, 1.54) is 4.90 Å². The van der Waals surface area contributed by atoms with Crippen molar-refractivity contribution < 1.29 is 9.59 Å². The molecule has 0 bridgehead atoms. The second-order valence-electron chi connectivity index (χ2n) is 6.61. The summed E-state index contributed by atoms with van der Waals surface area (Å²) in [7, 11) is 0. The molecule has 0 atom stereocenters. The maximum absolute atomic E-state index is 12.9. The lowest BCUT2D eigenvalue weighted by Gasteiger charge is -2.12. The van der Waals surface area contributed by atoms with Crippen molar-refractivity contribution in [3.63, 3.8) is 0 Å². The Bertz CT molecular complexity index is 1170. The molecule has 4 nitrogen and oxygen atoms in total. The number of hydrogen-bond acceptors (Lipinski definition) is 3. The van der Waals surface area contributed by atoms with Gasteiger partial charge in [0.05, 0.1) is 16.3 Å². The number of thioether (sulfide) groups is 1. The molecule has 1 aliphatic heterocycles. The summed E-state index contributed by atoms with van der Waals surface area (Å²) in [6, 6.07) is 16.6. The molecule has 4 rings (SSSR count). The van der Waals surface area contributed by atoms with Crippen molar-refractivity contribution in [2.24, 2.45) is 0 Å². The van der Waals surface area contributed by atoms with E-state index >= 15 is 0 Å². The maximum atomic E-state index is 12.9. The van der Waals surface area contributed by atoms with Crippen LogP contribution < -0.4 is 4.90 Å². The van der Waals surface area contributed by atoms with Crippen LogP contribution in [0, 0.1) is 13.8 Å². The SMILES string of the molecule is Cc1cc(/C=C2/SC(=O)N(c3ccc(Cl)cc3)C2=O)c(C)n1-c1ccccc1Br. The highest BCUT2D eigenvalue weighted by molar-refractivity contribution is 9.10. The third-order valence-electron chi connectivity index (χ3n) is 4.73. The van der Waals surface area contributed by atoms with Gasteiger partial charge in [-0.2, -0.15) is 0 Å². The number of aromatic nitrogens is 1. The zero-order chi connectivity index (χ0) is 20.7. The molecule has 1 aliphatic rings. The summed E-state index contributed by atoms with van der Waals surface area (Å²) in [5.41, 5.74) is 4.47. The molecule has 0 N–H and O–H groups in total. The van der Waals surface area contributed by atoms with Crippen molar-refractivity contribution in [3.05, 3.63) is 85.9 Å². The summed E-state index contributed by atoms with van der Waals surface area (Å²) in [5, 5.41) is 0.235. The predicted octanol–water partition coefficient (Wildman–Crippen LogP) is 6.75. The predicted molar refractivity (Wildman–Crippen MR) is 123 cm³/mol. The molecule has 146 valence electrons. The summed E-state index contributed by atoms with van der Waals surface area (Å²) >= 11 is 10.5. The van der Waals surface area contributed by atoms with E-state index in [0.717, 1.165) is 38.9 Å². The van der Waals surface area contributed by atoms with Crippen molar-refractivity contribution in [3.8, 4) is 5.69 Å². The highest BCUT2D eigenvalue weighted by atomic mass is 79.9. The molecule has 2 aromatic carbocycles. The fourth-order valence-corrected chi connectivity index (χ4v) is 4.78. The standard InChI is InChI=1S/C22H16BrClN2O2S/c1-13-11-15(14(2)25(13)19-6-4-3-5-18(19)23)12-20-21(27)26(22(28)29-20)17-9-7-16(24)8-10-17/h3-12H,1-2H3/b20-12+. The Balaban J connectivity index is 1.71. The number of anilines is 1. The first-order valence-electron chi connectivity index (χ1n) is 8.84. The summed E-state index contributed by atoms with van der Waals surface area (Å²) in [6.07, 6.45) is 1.79. The molecule has 29 heavy (non-hydrogen) atoms. The number of aryl methyl sites for hydroxylation is 1. The minimum absolute atomic E-state index is 0.316. The molecular formula is C22H16BrClN2O2S. The number of carbonyl (C=O) groups excluding carboxylic acids is 2. The van der Waals surface area contributed by atoms with Gasteiger partial charge in [0.15, 0.2) is 0 Å². The number of imide groups is 1. The summed E-state index contributed by atoms with van der Waals surface area (Å²) in [4.78, 5) is 27.0. The van der Waals surface area contributed by atoms with E-state index in [-0.39, 0.29) is 11.1 Å². The lowest BCUT2D eigenvalue weighted by molar-refractivity contribution is -0.113. The van der Waals surface area contributed by atoms with E-state index in [0.29, 0.717) is 15.6 Å². The Kier molecular flexibility index (Phi) is 5.42. The zero-order valence-electron chi connectivity index (χ0n) is 15.6. The number of hydrogen-bond donors (Lipinski definition) is 0. The molecule has 3 aromatic rings. The molecule has 0 radical (unpaired) electrons. The van der Waals surface area contributed by atoms with Crippen LogP contribution in [0.1, 0.15) is 17.0 Å². The Morgan fingerprint density at radius 1 is 1.03 bits per heavy atom. The Hall–Kier alpha value is -2.28. The van der Waals surface area contributed by atoms with Crippen LogP contribution in [0.25, 0.3) is 11.8 Å². The fraction of sp³-hybridized carbons (Fsp3) is 0.0909. The van der Waals surface area contributed by atoms with E-state index in [1.54, 1.807) is 30.3 Å². The van der Waals surface area contributed by atoms with E-state index in [1.807, 2.05) is 44.2 Å². The normalized spacial score (nSPS) is 15.6. The molecule has 1 fully saturated rings. The van der Waals surface area contributed by atoms with Crippen molar-refractivity contribution >= 4 is 62.2 Å². The van der Waals surface area contributed by atoms with Crippen LogP contribution in [0.4, 0.5) is 10.5 Å². The average Bonchev–Trinajstić information content (AvgIpc) is 3.12. The van der Waals surface area contributed by atoms with Crippen LogP contribution in [0.2, 0.25) is 5.02 Å². The molecule has 0 spiro atoms. The minimum Gasteiger partial charge on any atom is -0.317 e. The molecule has 1 saturated heterocycles. The van der Waals surface area contributed by atoms with Crippen LogP contribution in [0.3, 0.4) is 0 Å².